The predicted molar refractivity (Wildman–Crippen MR) is 78.3 cm³/mol. The minimum absolute atomic E-state index is 0.0202. The van der Waals surface area contributed by atoms with Crippen molar-refractivity contribution < 1.29 is 23.8 Å². The summed E-state index contributed by atoms with van der Waals surface area (Å²) in [7, 11) is 0. The van der Waals surface area contributed by atoms with Gasteiger partial charge < -0.3 is 14.2 Å². The van der Waals surface area contributed by atoms with Crippen LogP contribution in [0.1, 0.15) is 20.1 Å². The standard InChI is InChI=1S/C13H14N6O6/c1-7(20)23-5-9-3-4-10(25-9)19-13(22)11-12(15-17-19)14-16-18(11)6-24-8(2)21/h3-4,9-10H,5-6H2,1-2H3. The molecule has 25 heavy (non-hydrogen) atoms. The van der Waals surface area contributed by atoms with E-state index < -0.39 is 29.8 Å². The normalized spacial score (nSPS) is 19.9. The summed E-state index contributed by atoms with van der Waals surface area (Å²) in [6, 6.07) is 0. The van der Waals surface area contributed by atoms with Gasteiger partial charge in [-0.1, -0.05) is 10.4 Å². The highest BCUT2D eigenvalue weighted by Gasteiger charge is 2.30. The highest BCUT2D eigenvalue weighted by Crippen LogP contribution is 2.24. The second-order valence-electron chi connectivity index (χ2n) is 5.12. The van der Waals surface area contributed by atoms with Gasteiger partial charge in [0.05, 0.1) is 6.10 Å². The molecule has 2 atom stereocenters. The maximum Gasteiger partial charge on any atom is 0.304 e. The van der Waals surface area contributed by atoms with Crippen molar-refractivity contribution in [1.29, 1.82) is 0 Å². The van der Waals surface area contributed by atoms with Crippen molar-refractivity contribution in [3.63, 3.8) is 0 Å². The molecular weight excluding hydrogens is 336 g/mol. The van der Waals surface area contributed by atoms with E-state index >= 15 is 0 Å². The lowest BCUT2D eigenvalue weighted by atomic mass is 10.2. The fourth-order valence-electron chi connectivity index (χ4n) is 2.15. The third-order valence-corrected chi connectivity index (χ3v) is 3.25. The molecule has 1 aliphatic rings. The Hall–Kier alpha value is -2.89. The monoisotopic (exact) mass is 350 g/mol. The average Bonchev–Trinajstić information content (AvgIpc) is 3.18. The van der Waals surface area contributed by atoms with Crippen LogP contribution in [-0.4, -0.2) is 54.6 Å². The summed E-state index contributed by atoms with van der Waals surface area (Å²) in [5.74, 6) is -0.958. The number of carbonyl (C=O) groups excluding carboxylic acids is 2. The van der Waals surface area contributed by atoms with Gasteiger partial charge in [-0.2, -0.15) is 4.68 Å². The van der Waals surface area contributed by atoms with Crippen LogP contribution in [0.25, 0.3) is 11.2 Å². The van der Waals surface area contributed by atoms with E-state index in [2.05, 4.69) is 20.6 Å². The van der Waals surface area contributed by atoms with Gasteiger partial charge >= 0.3 is 11.9 Å². The highest BCUT2D eigenvalue weighted by molar-refractivity contribution is 5.68. The zero-order valence-electron chi connectivity index (χ0n) is 13.4. The zero-order valence-corrected chi connectivity index (χ0v) is 13.4. The van der Waals surface area contributed by atoms with Crippen molar-refractivity contribution in [3.8, 4) is 0 Å². The van der Waals surface area contributed by atoms with Crippen LogP contribution in [0.5, 0.6) is 0 Å². The van der Waals surface area contributed by atoms with Crippen molar-refractivity contribution in [2.75, 3.05) is 6.61 Å². The van der Waals surface area contributed by atoms with E-state index in [1.54, 1.807) is 12.8 Å². The van der Waals surface area contributed by atoms with E-state index in [1.807, 2.05) is 0 Å². The first-order valence-corrected chi connectivity index (χ1v) is 7.25. The molecule has 2 radical (unpaired) electrons. The number of esters is 2. The molecule has 1 saturated heterocycles. The molecule has 12 heteroatoms. The fraction of sp³-hybridized carbons (Fsp3) is 0.462. The Balaban J connectivity index is 1.82. The number of ether oxygens (including phenoxy) is 3. The van der Waals surface area contributed by atoms with Crippen LogP contribution in [-0.2, 0) is 30.5 Å². The summed E-state index contributed by atoms with van der Waals surface area (Å²) in [4.78, 5) is 34.4. The summed E-state index contributed by atoms with van der Waals surface area (Å²) in [6.07, 6.45) is 1.93. The quantitative estimate of drug-likeness (QED) is 0.602. The smallest absolute Gasteiger partial charge is 0.304 e. The molecule has 0 bridgehead atoms. The Kier molecular flexibility index (Phi) is 4.70. The lowest BCUT2D eigenvalue weighted by Crippen LogP contribution is -2.30. The van der Waals surface area contributed by atoms with Gasteiger partial charge in [-0.05, 0) is 0 Å². The first-order valence-electron chi connectivity index (χ1n) is 7.25. The molecule has 0 amide bonds. The van der Waals surface area contributed by atoms with Crippen LogP contribution in [0.2, 0.25) is 0 Å². The Morgan fingerprint density at radius 3 is 2.60 bits per heavy atom. The van der Waals surface area contributed by atoms with Crippen LogP contribution >= 0.6 is 0 Å². The summed E-state index contributed by atoms with van der Waals surface area (Å²) in [5.41, 5.74) is -0.520. The minimum atomic E-state index is -0.818. The molecule has 12 nitrogen and oxygen atoms in total. The molecule has 2 aromatic rings. The molecule has 0 aromatic carbocycles. The molecule has 3 rings (SSSR count). The van der Waals surface area contributed by atoms with Crippen molar-refractivity contribution in [1.82, 2.24) is 30.0 Å². The van der Waals surface area contributed by atoms with Gasteiger partial charge in [0, 0.05) is 26.7 Å². The second-order valence-corrected chi connectivity index (χ2v) is 5.12. The molecule has 132 valence electrons. The Labute approximate surface area is 140 Å². The topological polar surface area (TPSA) is 140 Å². The van der Waals surface area contributed by atoms with Crippen molar-refractivity contribution in [2.45, 2.75) is 32.9 Å². The number of hydrogen-bond acceptors (Lipinski definition) is 10. The first-order chi connectivity index (χ1) is 12.0. The second kappa shape index (κ2) is 6.93. The summed E-state index contributed by atoms with van der Waals surface area (Å²) in [6.45, 7) is 2.27. The third-order valence-electron chi connectivity index (χ3n) is 3.25. The lowest BCUT2D eigenvalue weighted by Gasteiger charge is -2.14. The van der Waals surface area contributed by atoms with Gasteiger partial charge in [-0.15, -0.1) is 10.2 Å². The Bertz CT molecular complexity index is 860. The van der Waals surface area contributed by atoms with Crippen molar-refractivity contribution in [3.05, 3.63) is 23.2 Å². The molecule has 0 spiro atoms. The summed E-state index contributed by atoms with van der Waals surface area (Å²) in [5, 5.41) is 15.0. The van der Waals surface area contributed by atoms with Crippen LogP contribution in [0.15, 0.2) is 4.79 Å². The number of carbonyl (C=O) groups is 2. The molecule has 1 fully saturated rings. The molecule has 1 aliphatic heterocycles. The van der Waals surface area contributed by atoms with Gasteiger partial charge in [0.15, 0.2) is 18.5 Å². The average molecular weight is 350 g/mol. The lowest BCUT2D eigenvalue weighted by molar-refractivity contribution is -0.145. The van der Waals surface area contributed by atoms with Gasteiger partial charge in [0.25, 0.3) is 5.56 Å². The van der Waals surface area contributed by atoms with E-state index in [-0.39, 0.29) is 24.5 Å². The van der Waals surface area contributed by atoms with Crippen molar-refractivity contribution >= 4 is 23.1 Å². The maximum atomic E-state index is 12.6. The number of hydrogen-bond donors (Lipinski definition) is 0. The Morgan fingerprint density at radius 2 is 1.88 bits per heavy atom. The molecule has 0 saturated carbocycles. The van der Waals surface area contributed by atoms with Crippen LogP contribution < -0.4 is 5.56 Å². The maximum absolute atomic E-state index is 12.6. The van der Waals surface area contributed by atoms with Crippen molar-refractivity contribution in [2.24, 2.45) is 0 Å². The number of rotatable bonds is 5. The van der Waals surface area contributed by atoms with E-state index in [9.17, 15) is 14.4 Å². The molecule has 0 aliphatic carbocycles. The highest BCUT2D eigenvalue weighted by atomic mass is 16.6. The molecule has 3 heterocycles. The van der Waals surface area contributed by atoms with Gasteiger partial charge in [0.1, 0.15) is 6.61 Å². The molecule has 2 unspecified atom stereocenters. The first kappa shape index (κ1) is 17.0. The molecule has 2 aromatic heterocycles. The van der Waals surface area contributed by atoms with Gasteiger partial charge in [0.2, 0.25) is 5.65 Å². The van der Waals surface area contributed by atoms with Crippen LogP contribution in [0, 0.1) is 12.8 Å². The van der Waals surface area contributed by atoms with Gasteiger partial charge in [-0.25, -0.2) is 4.68 Å². The fourth-order valence-corrected chi connectivity index (χ4v) is 2.15. The SMILES string of the molecule is CC(=O)OCC1[CH][CH]C(n2nnc3nnn(COC(C)=O)c3c2=O)O1. The minimum Gasteiger partial charge on any atom is -0.463 e. The van der Waals surface area contributed by atoms with Gasteiger partial charge in [-0.3, -0.25) is 14.4 Å². The number of fused-ring (bicyclic) bond motifs is 1. The van der Waals surface area contributed by atoms with E-state index in [1.165, 1.54) is 13.8 Å². The molecular formula is C13H14N6O6. The third kappa shape index (κ3) is 3.63. The number of aromatic nitrogens is 6. The van der Waals surface area contributed by atoms with E-state index in [0.717, 1.165) is 9.36 Å². The Morgan fingerprint density at radius 1 is 1.16 bits per heavy atom. The molecule has 0 N–H and O–H groups in total. The van der Waals surface area contributed by atoms with Crippen LogP contribution in [0.4, 0.5) is 0 Å². The summed E-state index contributed by atoms with van der Waals surface area (Å²) >= 11 is 0. The van der Waals surface area contributed by atoms with E-state index in [0.29, 0.717) is 0 Å². The predicted octanol–water partition coefficient (Wildman–Crippen LogP) is -1.23. The van der Waals surface area contributed by atoms with E-state index in [4.69, 9.17) is 14.2 Å². The van der Waals surface area contributed by atoms with Crippen LogP contribution in [0.3, 0.4) is 0 Å². The summed E-state index contributed by atoms with van der Waals surface area (Å²) < 4.78 is 17.4. The largest absolute Gasteiger partial charge is 0.463 e. The zero-order chi connectivity index (χ0) is 18.0. The number of nitrogens with zero attached hydrogens (tertiary/aromatic N) is 6.